The number of aromatic nitrogens is 1. The lowest BCUT2D eigenvalue weighted by Crippen LogP contribution is -2.31. The number of anilines is 2. The molecule has 1 aromatic carbocycles. The summed E-state index contributed by atoms with van der Waals surface area (Å²) in [6.45, 7) is 3.13. The molecule has 0 spiro atoms. The molecular weight excluding hydrogens is 351 g/mol. The number of aromatic carboxylic acids is 1. The van der Waals surface area contributed by atoms with Gasteiger partial charge < -0.3 is 25.6 Å². The van der Waals surface area contributed by atoms with Crippen molar-refractivity contribution < 1.29 is 14.3 Å². The zero-order chi connectivity index (χ0) is 19.5. The van der Waals surface area contributed by atoms with E-state index in [1.54, 1.807) is 11.5 Å². The first kappa shape index (κ1) is 17.8. The summed E-state index contributed by atoms with van der Waals surface area (Å²) in [4.78, 5) is 26.2. The van der Waals surface area contributed by atoms with Gasteiger partial charge in [-0.3, -0.25) is 4.79 Å². The summed E-state index contributed by atoms with van der Waals surface area (Å²) in [5.74, 6) is -1.96. The number of nitrogens with one attached hydrogen (secondary N) is 1. The Balaban J connectivity index is 2.04. The van der Waals surface area contributed by atoms with E-state index in [-0.39, 0.29) is 28.7 Å². The van der Waals surface area contributed by atoms with Crippen LogP contribution in [0.1, 0.15) is 41.2 Å². The van der Waals surface area contributed by atoms with Crippen LogP contribution in [0.25, 0.3) is 10.9 Å². The average molecular weight is 374 g/mol. The number of fused-ring (bicyclic) bond motifs is 1. The van der Waals surface area contributed by atoms with Crippen LogP contribution in [-0.2, 0) is 0 Å². The lowest BCUT2D eigenvalue weighted by molar-refractivity contribution is 0.0695. The smallest absolute Gasteiger partial charge is 0.341 e. The number of rotatable bonds is 4. The van der Waals surface area contributed by atoms with E-state index >= 15 is 4.39 Å². The fourth-order valence-corrected chi connectivity index (χ4v) is 4.15. The van der Waals surface area contributed by atoms with E-state index in [1.807, 2.05) is 11.9 Å². The van der Waals surface area contributed by atoms with Crippen molar-refractivity contribution in [2.24, 2.45) is 0 Å². The second-order valence-corrected chi connectivity index (χ2v) is 7.46. The number of carboxylic acids is 1. The molecule has 4 rings (SSSR count). The number of hydrogen-bond acceptors (Lipinski definition) is 5. The van der Waals surface area contributed by atoms with Crippen LogP contribution in [0.4, 0.5) is 15.8 Å². The van der Waals surface area contributed by atoms with E-state index in [2.05, 4.69) is 5.32 Å². The molecule has 1 aromatic heterocycles. The van der Waals surface area contributed by atoms with Gasteiger partial charge in [0, 0.05) is 31.4 Å². The first-order valence-electron chi connectivity index (χ1n) is 9.17. The zero-order valence-corrected chi connectivity index (χ0v) is 15.4. The van der Waals surface area contributed by atoms with Gasteiger partial charge in [0.2, 0.25) is 5.43 Å². The summed E-state index contributed by atoms with van der Waals surface area (Å²) in [6.07, 6.45) is 4.07. The summed E-state index contributed by atoms with van der Waals surface area (Å²) in [5, 5.41) is 12.6. The molecule has 2 fully saturated rings. The summed E-state index contributed by atoms with van der Waals surface area (Å²) in [5.41, 5.74) is 6.29. The van der Waals surface area contributed by atoms with E-state index < -0.39 is 17.2 Å². The Labute approximate surface area is 155 Å². The number of nitrogens with two attached hydrogens (primary N) is 1. The van der Waals surface area contributed by atoms with Crippen LogP contribution in [-0.4, -0.2) is 41.8 Å². The van der Waals surface area contributed by atoms with Gasteiger partial charge in [-0.1, -0.05) is 0 Å². The van der Waals surface area contributed by atoms with E-state index in [1.165, 1.54) is 6.20 Å². The van der Waals surface area contributed by atoms with Gasteiger partial charge in [-0.25, -0.2) is 9.18 Å². The minimum absolute atomic E-state index is 0.0232. The third kappa shape index (κ3) is 2.66. The zero-order valence-electron chi connectivity index (χ0n) is 15.4. The van der Waals surface area contributed by atoms with Crippen molar-refractivity contribution in [3.8, 4) is 0 Å². The van der Waals surface area contributed by atoms with Gasteiger partial charge >= 0.3 is 5.97 Å². The molecule has 0 bridgehead atoms. The van der Waals surface area contributed by atoms with Crippen molar-refractivity contribution in [1.29, 1.82) is 0 Å². The third-order valence-corrected chi connectivity index (χ3v) is 5.74. The maximum absolute atomic E-state index is 15.3. The maximum Gasteiger partial charge on any atom is 0.341 e. The van der Waals surface area contributed by atoms with E-state index in [4.69, 9.17) is 5.73 Å². The van der Waals surface area contributed by atoms with Gasteiger partial charge in [0.25, 0.3) is 0 Å². The highest BCUT2D eigenvalue weighted by Crippen LogP contribution is 2.42. The van der Waals surface area contributed by atoms with Crippen LogP contribution in [0.5, 0.6) is 0 Å². The fraction of sp³-hybridized carbons (Fsp3) is 0.474. The molecule has 2 aromatic rings. The molecule has 4 N–H and O–H groups in total. The average Bonchev–Trinajstić information content (AvgIpc) is 3.37. The molecule has 1 aliphatic carbocycles. The molecule has 1 atom stereocenters. The predicted molar refractivity (Wildman–Crippen MR) is 102 cm³/mol. The second-order valence-electron chi connectivity index (χ2n) is 7.46. The van der Waals surface area contributed by atoms with Gasteiger partial charge in [-0.15, -0.1) is 0 Å². The van der Waals surface area contributed by atoms with Crippen molar-refractivity contribution in [2.75, 3.05) is 30.8 Å². The van der Waals surface area contributed by atoms with E-state index in [9.17, 15) is 14.7 Å². The Morgan fingerprint density at radius 3 is 2.63 bits per heavy atom. The van der Waals surface area contributed by atoms with E-state index in [0.717, 1.165) is 19.3 Å². The number of carboxylic acid groups (broad SMARTS) is 1. The number of carbonyl (C=O) groups is 1. The molecule has 2 aliphatic rings. The Morgan fingerprint density at radius 1 is 1.37 bits per heavy atom. The van der Waals surface area contributed by atoms with Crippen LogP contribution in [0, 0.1) is 12.7 Å². The topological polar surface area (TPSA) is 101 Å². The minimum atomic E-state index is -1.32. The van der Waals surface area contributed by atoms with Crippen molar-refractivity contribution in [2.45, 2.75) is 38.3 Å². The molecule has 1 saturated carbocycles. The molecular formula is C19H23FN4O3. The van der Waals surface area contributed by atoms with Crippen molar-refractivity contribution in [3.63, 3.8) is 0 Å². The number of aryl methyl sites for hydroxylation is 1. The lowest BCUT2D eigenvalue weighted by Gasteiger charge is -2.25. The fourth-order valence-electron chi connectivity index (χ4n) is 4.15. The first-order valence-corrected chi connectivity index (χ1v) is 9.17. The van der Waals surface area contributed by atoms with Gasteiger partial charge in [-0.2, -0.15) is 0 Å². The Hall–Kier alpha value is -2.61. The van der Waals surface area contributed by atoms with Crippen molar-refractivity contribution >= 4 is 28.2 Å². The quantitative estimate of drug-likeness (QED) is 0.707. The molecule has 7 nitrogen and oxygen atoms in total. The molecule has 27 heavy (non-hydrogen) atoms. The van der Waals surface area contributed by atoms with Gasteiger partial charge in [0.05, 0.1) is 22.3 Å². The SMILES string of the molecule is CN[C@H]1CCN(c2c(F)c(N)c3c(=O)c(C(=O)O)cn(C4CC4)c3c2C)C1. The standard InChI is InChI=1S/C19H23FN4O3/c1-9-16-13(18(25)12(19(26)27)8-24(16)11-3-4-11)15(21)14(20)17(9)23-6-5-10(7-23)22-2/h8,10-11,22H,3-7,21H2,1-2H3,(H,26,27)/t10-/m0/s1. The number of halogens is 1. The van der Waals surface area contributed by atoms with Crippen molar-refractivity contribution in [1.82, 2.24) is 9.88 Å². The monoisotopic (exact) mass is 374 g/mol. The largest absolute Gasteiger partial charge is 0.477 e. The number of nitrogens with zero attached hydrogens (tertiary/aromatic N) is 2. The normalized spacial score (nSPS) is 19.8. The Morgan fingerprint density at radius 2 is 2.07 bits per heavy atom. The summed E-state index contributed by atoms with van der Waals surface area (Å²) < 4.78 is 17.1. The number of hydrogen-bond donors (Lipinski definition) is 3. The molecule has 0 radical (unpaired) electrons. The molecule has 8 heteroatoms. The maximum atomic E-state index is 15.3. The van der Waals surface area contributed by atoms with Crippen LogP contribution in [0.2, 0.25) is 0 Å². The van der Waals surface area contributed by atoms with Gasteiger partial charge in [0.15, 0.2) is 5.82 Å². The number of benzene rings is 1. The summed E-state index contributed by atoms with van der Waals surface area (Å²) >= 11 is 0. The van der Waals surface area contributed by atoms with Crippen LogP contribution < -0.4 is 21.4 Å². The third-order valence-electron chi connectivity index (χ3n) is 5.74. The summed E-state index contributed by atoms with van der Waals surface area (Å²) in [6, 6.07) is 0.381. The Bertz CT molecular complexity index is 1010. The highest BCUT2D eigenvalue weighted by Gasteiger charge is 2.32. The van der Waals surface area contributed by atoms with Crippen molar-refractivity contribution in [3.05, 3.63) is 33.4 Å². The minimum Gasteiger partial charge on any atom is -0.477 e. The highest BCUT2D eigenvalue weighted by atomic mass is 19.1. The molecule has 1 aliphatic heterocycles. The van der Waals surface area contributed by atoms with E-state index in [0.29, 0.717) is 29.9 Å². The van der Waals surface area contributed by atoms with Gasteiger partial charge in [-0.05, 0) is 38.8 Å². The highest BCUT2D eigenvalue weighted by molar-refractivity contribution is 6.01. The predicted octanol–water partition coefficient (Wildman–Crippen LogP) is 1.86. The Kier molecular flexibility index (Phi) is 4.10. The van der Waals surface area contributed by atoms with Crippen LogP contribution >= 0.6 is 0 Å². The molecule has 144 valence electrons. The van der Waals surface area contributed by atoms with Crippen LogP contribution in [0.15, 0.2) is 11.0 Å². The molecule has 2 heterocycles. The molecule has 1 saturated heterocycles. The molecule has 0 unspecified atom stereocenters. The van der Waals surface area contributed by atoms with Crippen LogP contribution in [0.3, 0.4) is 0 Å². The second kappa shape index (κ2) is 6.23. The van der Waals surface area contributed by atoms with Gasteiger partial charge in [0.1, 0.15) is 5.56 Å². The first-order chi connectivity index (χ1) is 12.8. The number of nitrogen functional groups attached to an aromatic ring is 1. The lowest BCUT2D eigenvalue weighted by atomic mass is 10.0. The molecule has 0 amide bonds. The number of likely N-dealkylation sites (N-methyl/N-ethyl adjacent to an activating group) is 1. The summed E-state index contributed by atoms with van der Waals surface area (Å²) in [7, 11) is 1.88. The number of pyridine rings is 1.